The summed E-state index contributed by atoms with van der Waals surface area (Å²) in [6.45, 7) is 3.56. The quantitative estimate of drug-likeness (QED) is 0.808. The number of H-pyrrole nitrogens is 1. The van der Waals surface area contributed by atoms with Crippen LogP contribution in [-0.2, 0) is 0 Å². The van der Waals surface area contributed by atoms with E-state index in [0.29, 0.717) is 6.42 Å². The standard InChI is InChI=1S/C14H15N3O/c1-9-14(10-4-2-3-5-11(10)17-9)12(18)8-13-15-6-7-16-13/h2-5,17H,6-8H2,1H3,(H,15,16). The van der Waals surface area contributed by atoms with Crippen LogP contribution in [0.1, 0.15) is 22.5 Å². The van der Waals surface area contributed by atoms with Crippen molar-refractivity contribution < 1.29 is 4.79 Å². The highest BCUT2D eigenvalue weighted by Crippen LogP contribution is 2.23. The number of hydrogen-bond donors (Lipinski definition) is 2. The van der Waals surface area contributed by atoms with Gasteiger partial charge in [0, 0.05) is 28.7 Å². The van der Waals surface area contributed by atoms with E-state index in [9.17, 15) is 4.79 Å². The van der Waals surface area contributed by atoms with Gasteiger partial charge in [-0.05, 0) is 13.0 Å². The maximum atomic E-state index is 12.4. The van der Waals surface area contributed by atoms with Crippen molar-refractivity contribution in [3.63, 3.8) is 0 Å². The normalized spacial score (nSPS) is 14.6. The number of aromatic amines is 1. The van der Waals surface area contributed by atoms with E-state index < -0.39 is 0 Å². The van der Waals surface area contributed by atoms with Crippen molar-refractivity contribution in [2.45, 2.75) is 13.3 Å². The van der Waals surface area contributed by atoms with Crippen LogP contribution in [0.25, 0.3) is 10.9 Å². The highest BCUT2D eigenvalue weighted by atomic mass is 16.1. The number of aliphatic imine (C=N–C) groups is 1. The average Bonchev–Trinajstić information content (AvgIpc) is 2.94. The number of amidine groups is 1. The number of para-hydroxylation sites is 1. The molecule has 2 N–H and O–H groups in total. The Balaban J connectivity index is 1.97. The van der Waals surface area contributed by atoms with Crippen LogP contribution in [0.2, 0.25) is 0 Å². The molecule has 0 saturated heterocycles. The first-order valence-corrected chi connectivity index (χ1v) is 6.13. The van der Waals surface area contributed by atoms with E-state index in [1.54, 1.807) is 0 Å². The van der Waals surface area contributed by atoms with E-state index in [-0.39, 0.29) is 5.78 Å². The van der Waals surface area contributed by atoms with E-state index in [2.05, 4.69) is 15.3 Å². The molecule has 4 heteroatoms. The molecule has 18 heavy (non-hydrogen) atoms. The van der Waals surface area contributed by atoms with Gasteiger partial charge in [-0.3, -0.25) is 9.79 Å². The number of ketones is 1. The summed E-state index contributed by atoms with van der Waals surface area (Å²) in [5, 5.41) is 4.13. The first kappa shape index (κ1) is 11.0. The lowest BCUT2D eigenvalue weighted by atomic mass is 10.0. The van der Waals surface area contributed by atoms with Crippen LogP contribution in [0, 0.1) is 6.92 Å². The van der Waals surface area contributed by atoms with Gasteiger partial charge in [0.05, 0.1) is 13.0 Å². The lowest BCUT2D eigenvalue weighted by molar-refractivity contribution is 0.100. The smallest absolute Gasteiger partial charge is 0.172 e. The molecule has 3 rings (SSSR count). The minimum atomic E-state index is 0.123. The third kappa shape index (κ3) is 1.79. The number of nitrogens with zero attached hydrogens (tertiary/aromatic N) is 1. The number of fused-ring (bicyclic) bond motifs is 1. The largest absolute Gasteiger partial charge is 0.372 e. The van der Waals surface area contributed by atoms with Crippen molar-refractivity contribution in [1.29, 1.82) is 0 Å². The van der Waals surface area contributed by atoms with Crippen LogP contribution in [-0.4, -0.2) is 29.7 Å². The zero-order valence-electron chi connectivity index (χ0n) is 10.3. The van der Waals surface area contributed by atoms with Gasteiger partial charge in [0.15, 0.2) is 5.78 Å². The summed E-state index contributed by atoms with van der Waals surface area (Å²) in [7, 11) is 0. The lowest BCUT2D eigenvalue weighted by Crippen LogP contribution is -2.21. The Morgan fingerprint density at radius 1 is 1.39 bits per heavy atom. The van der Waals surface area contributed by atoms with Gasteiger partial charge in [-0.15, -0.1) is 0 Å². The van der Waals surface area contributed by atoms with E-state index in [1.807, 2.05) is 31.2 Å². The Morgan fingerprint density at radius 2 is 2.22 bits per heavy atom. The summed E-state index contributed by atoms with van der Waals surface area (Å²) in [6, 6.07) is 7.90. The SMILES string of the molecule is Cc1[nH]c2ccccc2c1C(=O)CC1=NCCN1. The second-order valence-electron chi connectivity index (χ2n) is 4.53. The number of rotatable bonds is 3. The van der Waals surface area contributed by atoms with Crippen molar-refractivity contribution in [2.75, 3.05) is 13.1 Å². The molecule has 2 aromatic rings. The molecule has 0 radical (unpaired) electrons. The summed E-state index contributed by atoms with van der Waals surface area (Å²) < 4.78 is 0. The number of aromatic nitrogens is 1. The van der Waals surface area contributed by atoms with Crippen molar-refractivity contribution in [3.8, 4) is 0 Å². The van der Waals surface area contributed by atoms with Gasteiger partial charge in [0.1, 0.15) is 5.84 Å². The van der Waals surface area contributed by atoms with Crippen LogP contribution in [0.4, 0.5) is 0 Å². The number of aryl methyl sites for hydroxylation is 1. The number of hydrogen-bond acceptors (Lipinski definition) is 3. The van der Waals surface area contributed by atoms with Crippen molar-refractivity contribution in [3.05, 3.63) is 35.5 Å². The second kappa shape index (κ2) is 4.29. The zero-order chi connectivity index (χ0) is 12.5. The third-order valence-corrected chi connectivity index (χ3v) is 3.24. The van der Waals surface area contributed by atoms with Gasteiger partial charge in [-0.2, -0.15) is 0 Å². The molecule has 0 amide bonds. The molecular formula is C14H15N3O. The third-order valence-electron chi connectivity index (χ3n) is 3.24. The summed E-state index contributed by atoms with van der Waals surface area (Å²) >= 11 is 0. The van der Waals surface area contributed by atoms with Gasteiger partial charge >= 0.3 is 0 Å². The molecule has 0 atom stereocenters. The Bertz CT molecular complexity index is 640. The van der Waals surface area contributed by atoms with Crippen LogP contribution in [0.15, 0.2) is 29.3 Å². The fourth-order valence-electron chi connectivity index (χ4n) is 2.44. The first-order chi connectivity index (χ1) is 8.75. The average molecular weight is 241 g/mol. The molecule has 1 aromatic heterocycles. The Morgan fingerprint density at radius 3 is 3.00 bits per heavy atom. The lowest BCUT2D eigenvalue weighted by Gasteiger charge is -2.02. The van der Waals surface area contributed by atoms with Gasteiger partial charge < -0.3 is 10.3 Å². The molecule has 92 valence electrons. The van der Waals surface area contributed by atoms with Crippen molar-refractivity contribution in [1.82, 2.24) is 10.3 Å². The summed E-state index contributed by atoms with van der Waals surface area (Å²) in [4.78, 5) is 19.9. The van der Waals surface area contributed by atoms with Crippen LogP contribution in [0.3, 0.4) is 0 Å². The summed E-state index contributed by atoms with van der Waals surface area (Å²) in [6.07, 6.45) is 0.364. The molecule has 0 unspecified atom stereocenters. The topological polar surface area (TPSA) is 57.2 Å². The van der Waals surface area contributed by atoms with E-state index in [0.717, 1.165) is 41.1 Å². The Hall–Kier alpha value is -2.10. The zero-order valence-corrected chi connectivity index (χ0v) is 10.3. The maximum Gasteiger partial charge on any atom is 0.172 e. The molecule has 2 heterocycles. The fourth-order valence-corrected chi connectivity index (χ4v) is 2.44. The van der Waals surface area contributed by atoms with Gasteiger partial charge in [0.25, 0.3) is 0 Å². The van der Waals surface area contributed by atoms with Crippen LogP contribution in [0.5, 0.6) is 0 Å². The molecule has 0 spiro atoms. The fraction of sp³-hybridized carbons (Fsp3) is 0.286. The molecule has 0 bridgehead atoms. The van der Waals surface area contributed by atoms with Crippen molar-refractivity contribution >= 4 is 22.5 Å². The number of carbonyl (C=O) groups excluding carboxylic acids is 1. The monoisotopic (exact) mass is 241 g/mol. The number of benzene rings is 1. The number of carbonyl (C=O) groups is 1. The molecule has 1 aliphatic rings. The van der Waals surface area contributed by atoms with E-state index in [1.165, 1.54) is 0 Å². The molecule has 1 aliphatic heterocycles. The van der Waals surface area contributed by atoms with Gasteiger partial charge in [-0.1, -0.05) is 18.2 Å². The predicted octanol–water partition coefficient (Wildman–Crippen LogP) is 2.05. The molecule has 0 saturated carbocycles. The van der Waals surface area contributed by atoms with Gasteiger partial charge in [-0.25, -0.2) is 0 Å². The molecule has 0 fully saturated rings. The molecule has 0 aliphatic carbocycles. The Labute approximate surface area is 105 Å². The molecule has 1 aromatic carbocycles. The van der Waals surface area contributed by atoms with E-state index in [4.69, 9.17) is 0 Å². The first-order valence-electron chi connectivity index (χ1n) is 6.13. The minimum Gasteiger partial charge on any atom is -0.372 e. The highest BCUT2D eigenvalue weighted by molar-refractivity contribution is 6.16. The maximum absolute atomic E-state index is 12.4. The summed E-state index contributed by atoms with van der Waals surface area (Å²) in [5.74, 6) is 0.933. The van der Waals surface area contributed by atoms with Gasteiger partial charge in [0.2, 0.25) is 0 Å². The highest BCUT2D eigenvalue weighted by Gasteiger charge is 2.18. The Kier molecular flexibility index (Phi) is 2.63. The molecule has 4 nitrogen and oxygen atoms in total. The van der Waals surface area contributed by atoms with Crippen LogP contribution < -0.4 is 5.32 Å². The van der Waals surface area contributed by atoms with E-state index >= 15 is 0 Å². The van der Waals surface area contributed by atoms with Crippen molar-refractivity contribution in [2.24, 2.45) is 4.99 Å². The number of nitrogens with one attached hydrogen (secondary N) is 2. The predicted molar refractivity (Wildman–Crippen MR) is 72.3 cm³/mol. The number of Topliss-reactive ketones (excluding diaryl/α,β-unsaturated/α-hetero) is 1. The minimum absolute atomic E-state index is 0.123. The second-order valence-corrected chi connectivity index (χ2v) is 4.53. The molecular weight excluding hydrogens is 226 g/mol. The summed E-state index contributed by atoms with van der Waals surface area (Å²) in [5.41, 5.74) is 2.74. The van der Waals surface area contributed by atoms with Crippen LogP contribution >= 0.6 is 0 Å².